The van der Waals surface area contributed by atoms with Crippen LogP contribution in [0.4, 0.5) is 5.69 Å². The minimum Gasteiger partial charge on any atom is -0.494 e. The van der Waals surface area contributed by atoms with Gasteiger partial charge in [-0.25, -0.2) is 0 Å². The quantitative estimate of drug-likeness (QED) is 0.753. The number of benzene rings is 1. The van der Waals surface area contributed by atoms with Gasteiger partial charge in [0.05, 0.1) is 6.61 Å². The molecule has 4 nitrogen and oxygen atoms in total. The second-order valence-electron chi connectivity index (χ2n) is 5.06. The van der Waals surface area contributed by atoms with Crippen LogP contribution >= 0.6 is 0 Å². The summed E-state index contributed by atoms with van der Waals surface area (Å²) in [5, 5.41) is 3.04. The smallest absolute Gasteiger partial charge is 0.251 e. The number of amides is 1. The molecule has 0 radical (unpaired) electrons. The Morgan fingerprint density at radius 1 is 1.25 bits per heavy atom. The van der Waals surface area contributed by atoms with E-state index in [1.165, 1.54) is 0 Å². The highest BCUT2D eigenvalue weighted by molar-refractivity contribution is 5.95. The van der Waals surface area contributed by atoms with Gasteiger partial charge in [0.2, 0.25) is 0 Å². The Balaban J connectivity index is 2.81. The van der Waals surface area contributed by atoms with Gasteiger partial charge in [0, 0.05) is 23.4 Å². The van der Waals surface area contributed by atoms with Crippen molar-refractivity contribution in [2.75, 3.05) is 12.3 Å². The van der Waals surface area contributed by atoms with Crippen LogP contribution in [0.2, 0.25) is 0 Å². The van der Waals surface area contributed by atoms with Crippen molar-refractivity contribution in [1.29, 1.82) is 0 Å². The largest absolute Gasteiger partial charge is 0.494 e. The van der Waals surface area contributed by atoms with Gasteiger partial charge in [-0.1, -0.05) is 26.7 Å². The van der Waals surface area contributed by atoms with Gasteiger partial charge in [-0.3, -0.25) is 4.79 Å². The molecular formula is C16H26N2O2. The molecule has 0 aliphatic heterocycles. The molecule has 112 valence electrons. The Bertz CT molecular complexity index is 442. The normalized spacial score (nSPS) is 12.2. The van der Waals surface area contributed by atoms with E-state index in [4.69, 9.17) is 10.5 Å². The molecule has 20 heavy (non-hydrogen) atoms. The third-order valence-corrected chi connectivity index (χ3v) is 3.62. The van der Waals surface area contributed by atoms with Crippen molar-refractivity contribution in [1.82, 2.24) is 5.32 Å². The molecule has 0 fully saturated rings. The molecule has 1 rings (SSSR count). The number of carbonyl (C=O) groups excluding carboxylic acids is 1. The fourth-order valence-corrected chi connectivity index (χ4v) is 2.41. The summed E-state index contributed by atoms with van der Waals surface area (Å²) in [6, 6.07) is 5.28. The Kier molecular flexibility index (Phi) is 6.36. The maximum absolute atomic E-state index is 12.3. The number of nitrogen functional groups attached to an aromatic ring is 1. The van der Waals surface area contributed by atoms with Crippen LogP contribution in [0, 0.1) is 5.92 Å². The van der Waals surface area contributed by atoms with Gasteiger partial charge in [0.25, 0.3) is 5.91 Å². The lowest BCUT2D eigenvalue weighted by Crippen LogP contribution is -2.37. The molecule has 1 amide bonds. The van der Waals surface area contributed by atoms with Gasteiger partial charge in [-0.05, 0) is 31.9 Å². The van der Waals surface area contributed by atoms with Crippen molar-refractivity contribution in [2.24, 2.45) is 5.92 Å². The summed E-state index contributed by atoms with van der Waals surface area (Å²) >= 11 is 0. The summed E-state index contributed by atoms with van der Waals surface area (Å²) < 4.78 is 5.41. The number of carbonyl (C=O) groups is 1. The Labute approximate surface area is 121 Å². The first-order valence-corrected chi connectivity index (χ1v) is 7.35. The molecule has 0 aliphatic rings. The molecule has 0 saturated heterocycles. The second kappa shape index (κ2) is 7.78. The van der Waals surface area contributed by atoms with Crippen molar-refractivity contribution in [2.45, 2.75) is 46.6 Å². The van der Waals surface area contributed by atoms with Crippen LogP contribution in [0.15, 0.2) is 18.2 Å². The predicted octanol–water partition coefficient (Wildman–Crippen LogP) is 3.22. The Morgan fingerprint density at radius 2 is 1.90 bits per heavy atom. The van der Waals surface area contributed by atoms with E-state index in [0.717, 1.165) is 12.8 Å². The first-order valence-electron chi connectivity index (χ1n) is 7.35. The molecule has 3 N–H and O–H groups in total. The van der Waals surface area contributed by atoms with Crippen LogP contribution in [-0.2, 0) is 0 Å². The number of hydrogen-bond donors (Lipinski definition) is 2. The topological polar surface area (TPSA) is 64.3 Å². The zero-order valence-electron chi connectivity index (χ0n) is 12.9. The maximum atomic E-state index is 12.3. The molecule has 0 saturated carbocycles. The van der Waals surface area contributed by atoms with E-state index in [2.05, 4.69) is 19.2 Å². The first-order chi connectivity index (χ1) is 9.51. The van der Waals surface area contributed by atoms with Crippen molar-refractivity contribution >= 4 is 11.6 Å². The fraction of sp³-hybridized carbons (Fsp3) is 0.562. The van der Waals surface area contributed by atoms with Gasteiger partial charge in [-0.2, -0.15) is 0 Å². The SMILES string of the molecule is CCOc1cc(N)cc(C(=O)NC(C)C(CC)CC)c1. The maximum Gasteiger partial charge on any atom is 0.251 e. The summed E-state index contributed by atoms with van der Waals surface area (Å²) in [6.45, 7) is 8.78. The van der Waals surface area contributed by atoms with E-state index < -0.39 is 0 Å². The molecule has 0 bridgehead atoms. The zero-order valence-corrected chi connectivity index (χ0v) is 12.9. The number of anilines is 1. The van der Waals surface area contributed by atoms with Gasteiger partial charge in [0.1, 0.15) is 5.75 Å². The van der Waals surface area contributed by atoms with Gasteiger partial charge in [0.15, 0.2) is 0 Å². The number of nitrogens with two attached hydrogens (primary N) is 1. The van der Waals surface area contributed by atoms with Crippen LogP contribution in [0.3, 0.4) is 0 Å². The number of rotatable bonds is 7. The highest BCUT2D eigenvalue weighted by Crippen LogP contribution is 2.20. The lowest BCUT2D eigenvalue weighted by Gasteiger charge is -2.22. The molecule has 0 aliphatic carbocycles. The van der Waals surface area contributed by atoms with Crippen molar-refractivity contribution in [3.63, 3.8) is 0 Å². The van der Waals surface area contributed by atoms with Crippen LogP contribution in [0.1, 0.15) is 50.9 Å². The molecular weight excluding hydrogens is 252 g/mol. The third kappa shape index (κ3) is 4.44. The number of hydrogen-bond acceptors (Lipinski definition) is 3. The summed E-state index contributed by atoms with van der Waals surface area (Å²) in [5.41, 5.74) is 6.90. The summed E-state index contributed by atoms with van der Waals surface area (Å²) in [5.74, 6) is 1.02. The minimum atomic E-state index is -0.0994. The first kappa shape index (κ1) is 16.3. The van der Waals surface area contributed by atoms with Crippen LogP contribution in [0.25, 0.3) is 0 Å². The van der Waals surface area contributed by atoms with Crippen LogP contribution < -0.4 is 15.8 Å². The van der Waals surface area contributed by atoms with Gasteiger partial charge < -0.3 is 15.8 Å². The average molecular weight is 278 g/mol. The number of nitrogens with one attached hydrogen (secondary N) is 1. The highest BCUT2D eigenvalue weighted by Gasteiger charge is 2.17. The molecule has 4 heteroatoms. The molecule has 0 aromatic heterocycles. The fourth-order valence-electron chi connectivity index (χ4n) is 2.41. The molecule has 0 spiro atoms. The molecule has 1 unspecified atom stereocenters. The molecule has 0 heterocycles. The molecule has 1 aromatic carbocycles. The van der Waals surface area contributed by atoms with E-state index in [1.54, 1.807) is 18.2 Å². The average Bonchev–Trinajstić information content (AvgIpc) is 2.39. The lowest BCUT2D eigenvalue weighted by molar-refractivity contribution is 0.0925. The Hall–Kier alpha value is -1.71. The number of ether oxygens (including phenoxy) is 1. The van der Waals surface area contributed by atoms with Crippen LogP contribution in [-0.4, -0.2) is 18.6 Å². The summed E-state index contributed by atoms with van der Waals surface area (Å²) in [7, 11) is 0. The predicted molar refractivity (Wildman–Crippen MR) is 83.0 cm³/mol. The van der Waals surface area contributed by atoms with E-state index in [9.17, 15) is 4.79 Å². The van der Waals surface area contributed by atoms with Gasteiger partial charge in [-0.15, -0.1) is 0 Å². The van der Waals surface area contributed by atoms with E-state index in [0.29, 0.717) is 29.5 Å². The third-order valence-electron chi connectivity index (χ3n) is 3.62. The van der Waals surface area contributed by atoms with Gasteiger partial charge >= 0.3 is 0 Å². The second-order valence-corrected chi connectivity index (χ2v) is 5.06. The van der Waals surface area contributed by atoms with Crippen molar-refractivity contribution in [3.05, 3.63) is 23.8 Å². The van der Waals surface area contributed by atoms with Crippen molar-refractivity contribution in [3.8, 4) is 5.75 Å². The molecule has 1 atom stereocenters. The highest BCUT2D eigenvalue weighted by atomic mass is 16.5. The van der Waals surface area contributed by atoms with E-state index in [1.807, 2.05) is 13.8 Å². The monoisotopic (exact) mass is 278 g/mol. The van der Waals surface area contributed by atoms with E-state index >= 15 is 0 Å². The molecule has 1 aromatic rings. The zero-order chi connectivity index (χ0) is 15.1. The lowest BCUT2D eigenvalue weighted by atomic mass is 9.95. The van der Waals surface area contributed by atoms with Crippen molar-refractivity contribution < 1.29 is 9.53 Å². The Morgan fingerprint density at radius 3 is 2.45 bits per heavy atom. The standard InChI is InChI=1S/C16H26N2O2/c1-5-12(6-2)11(4)18-16(19)13-8-14(17)10-15(9-13)20-7-3/h8-12H,5-7,17H2,1-4H3,(H,18,19). The minimum absolute atomic E-state index is 0.0994. The van der Waals surface area contributed by atoms with Crippen LogP contribution in [0.5, 0.6) is 5.75 Å². The van der Waals surface area contributed by atoms with E-state index in [-0.39, 0.29) is 11.9 Å². The summed E-state index contributed by atoms with van der Waals surface area (Å²) in [4.78, 5) is 12.3. The summed E-state index contributed by atoms with van der Waals surface area (Å²) in [6.07, 6.45) is 2.11.